The van der Waals surface area contributed by atoms with E-state index in [0.29, 0.717) is 11.1 Å². The summed E-state index contributed by atoms with van der Waals surface area (Å²) in [6.07, 6.45) is 1.42. The van der Waals surface area contributed by atoms with Crippen molar-refractivity contribution in [3.8, 4) is 0 Å². The van der Waals surface area contributed by atoms with Crippen molar-refractivity contribution in [1.82, 2.24) is 5.43 Å². The Morgan fingerprint density at radius 1 is 0.842 bits per heavy atom. The van der Waals surface area contributed by atoms with Crippen LogP contribution in [0.2, 0.25) is 0 Å². The molecule has 192 valence electrons. The molecule has 0 saturated carbocycles. The summed E-state index contributed by atoms with van der Waals surface area (Å²) in [6, 6.07) is 30.2. The van der Waals surface area contributed by atoms with Crippen LogP contribution >= 0.6 is 0 Å². The average molecular weight is 528 g/mol. The number of hydrazone groups is 1. The highest BCUT2D eigenvalue weighted by atomic mass is 32.2. The molecule has 0 bridgehead atoms. The fourth-order valence-corrected chi connectivity index (χ4v) is 5.19. The molecule has 1 N–H and O–H groups in total. The Morgan fingerprint density at radius 3 is 2.11 bits per heavy atom. The van der Waals surface area contributed by atoms with Crippen molar-refractivity contribution in [3.63, 3.8) is 0 Å². The van der Waals surface area contributed by atoms with Gasteiger partial charge in [0, 0.05) is 0 Å². The monoisotopic (exact) mass is 527 g/mol. The van der Waals surface area contributed by atoms with Gasteiger partial charge >= 0.3 is 5.97 Å². The number of benzene rings is 4. The van der Waals surface area contributed by atoms with Crippen molar-refractivity contribution in [1.29, 1.82) is 0 Å². The largest absolute Gasteiger partial charge is 0.465 e. The maximum Gasteiger partial charge on any atom is 0.337 e. The van der Waals surface area contributed by atoms with E-state index >= 15 is 0 Å². The molecule has 0 atom stereocenters. The highest BCUT2D eigenvalue weighted by molar-refractivity contribution is 7.92. The molecule has 0 spiro atoms. The van der Waals surface area contributed by atoms with Crippen LogP contribution in [-0.4, -0.2) is 33.6 Å². The van der Waals surface area contributed by atoms with E-state index in [4.69, 9.17) is 0 Å². The Labute approximate surface area is 221 Å². The minimum absolute atomic E-state index is 0.0260. The van der Waals surface area contributed by atoms with Gasteiger partial charge in [0.2, 0.25) is 0 Å². The van der Waals surface area contributed by atoms with Crippen LogP contribution in [-0.2, 0) is 21.3 Å². The van der Waals surface area contributed by atoms with Crippen molar-refractivity contribution < 1.29 is 22.7 Å². The molecule has 4 rings (SSSR count). The van der Waals surface area contributed by atoms with Crippen LogP contribution in [0.25, 0.3) is 0 Å². The number of amides is 1. The number of nitrogens with one attached hydrogen (secondary N) is 1. The number of para-hydroxylation sites is 1. The van der Waals surface area contributed by atoms with Crippen molar-refractivity contribution >= 4 is 33.8 Å². The number of hydrogen-bond acceptors (Lipinski definition) is 6. The highest BCUT2D eigenvalue weighted by Crippen LogP contribution is 2.29. The summed E-state index contributed by atoms with van der Waals surface area (Å²) in [5.74, 6) is -1.03. The van der Waals surface area contributed by atoms with E-state index in [2.05, 4.69) is 15.3 Å². The number of carbonyl (C=O) groups excluding carboxylic acids is 2. The molecule has 0 unspecified atom stereocenters. The van der Waals surface area contributed by atoms with Crippen LogP contribution in [0.4, 0.5) is 5.69 Å². The second kappa shape index (κ2) is 12.0. The number of nitrogens with zero attached hydrogens (tertiary/aromatic N) is 2. The number of carbonyl (C=O) groups is 2. The van der Waals surface area contributed by atoms with E-state index in [9.17, 15) is 18.0 Å². The first-order chi connectivity index (χ1) is 18.4. The van der Waals surface area contributed by atoms with Crippen LogP contribution in [0.5, 0.6) is 0 Å². The first kappa shape index (κ1) is 26.3. The molecule has 0 aliphatic heterocycles. The molecule has 1 amide bonds. The van der Waals surface area contributed by atoms with Gasteiger partial charge < -0.3 is 4.74 Å². The maximum atomic E-state index is 13.7. The van der Waals surface area contributed by atoms with Gasteiger partial charge in [0.15, 0.2) is 0 Å². The SMILES string of the molecule is COC(=O)c1ccc(/C=N/NC(=O)c2ccccc2N(Cc2ccccc2)S(=O)(=O)c2ccccc2)cc1. The summed E-state index contributed by atoms with van der Waals surface area (Å²) in [5.41, 5.74) is 4.61. The highest BCUT2D eigenvalue weighted by Gasteiger charge is 2.28. The van der Waals surface area contributed by atoms with Crippen molar-refractivity contribution in [2.45, 2.75) is 11.4 Å². The smallest absolute Gasteiger partial charge is 0.337 e. The van der Waals surface area contributed by atoms with Crippen molar-refractivity contribution in [2.24, 2.45) is 5.10 Å². The molecule has 0 aliphatic rings. The lowest BCUT2D eigenvalue weighted by molar-refractivity contribution is 0.0600. The summed E-state index contributed by atoms with van der Waals surface area (Å²) in [5, 5.41) is 4.01. The van der Waals surface area contributed by atoms with Gasteiger partial charge in [-0.25, -0.2) is 18.6 Å². The van der Waals surface area contributed by atoms with Gasteiger partial charge in [0.05, 0.1) is 41.6 Å². The summed E-state index contributed by atoms with van der Waals surface area (Å²) < 4.78 is 33.4. The predicted octanol–water partition coefficient (Wildman–Crippen LogP) is 4.63. The predicted molar refractivity (Wildman–Crippen MR) is 146 cm³/mol. The Bertz CT molecular complexity index is 1540. The molecule has 0 heterocycles. The molecule has 38 heavy (non-hydrogen) atoms. The zero-order valence-electron chi connectivity index (χ0n) is 20.5. The zero-order chi connectivity index (χ0) is 27.0. The minimum atomic E-state index is -4.01. The summed E-state index contributed by atoms with van der Waals surface area (Å²) in [6.45, 7) is 0.0260. The third-order valence-corrected chi connectivity index (χ3v) is 7.40. The van der Waals surface area contributed by atoms with Gasteiger partial charge in [0.1, 0.15) is 0 Å². The van der Waals surface area contributed by atoms with Crippen LogP contribution < -0.4 is 9.73 Å². The Balaban J connectivity index is 1.63. The molecule has 0 saturated heterocycles. The third-order valence-electron chi connectivity index (χ3n) is 5.63. The molecule has 4 aromatic carbocycles. The fourth-order valence-electron chi connectivity index (χ4n) is 3.70. The topological polar surface area (TPSA) is 105 Å². The van der Waals surface area contributed by atoms with Crippen LogP contribution in [0.3, 0.4) is 0 Å². The lowest BCUT2D eigenvalue weighted by Gasteiger charge is -2.26. The Morgan fingerprint density at radius 2 is 1.45 bits per heavy atom. The number of ether oxygens (including phenoxy) is 1. The van der Waals surface area contributed by atoms with Gasteiger partial charge in [-0.3, -0.25) is 9.10 Å². The number of hydrogen-bond donors (Lipinski definition) is 1. The van der Waals surface area contributed by atoms with Gasteiger partial charge in [0.25, 0.3) is 15.9 Å². The Hall–Kier alpha value is -4.76. The van der Waals surface area contributed by atoms with E-state index in [1.807, 2.05) is 30.3 Å². The van der Waals surface area contributed by atoms with E-state index in [1.165, 1.54) is 29.8 Å². The summed E-state index contributed by atoms with van der Waals surface area (Å²) >= 11 is 0. The normalized spacial score (nSPS) is 11.2. The first-order valence-electron chi connectivity index (χ1n) is 11.6. The standard InChI is InChI=1S/C29H25N3O5S/c1-37-29(34)24-18-16-22(17-19-24)20-30-31-28(33)26-14-8-9-15-27(26)32(21-23-10-4-2-5-11-23)38(35,36)25-12-6-3-7-13-25/h2-20H,21H2,1H3,(H,31,33)/b30-20+. The number of methoxy groups -OCH3 is 1. The second-order valence-corrected chi connectivity index (χ2v) is 10.0. The molecule has 0 fully saturated rings. The van der Waals surface area contributed by atoms with Crippen LogP contribution in [0.15, 0.2) is 119 Å². The quantitative estimate of drug-likeness (QED) is 0.194. The number of anilines is 1. The van der Waals surface area contributed by atoms with Gasteiger partial charge in [-0.1, -0.05) is 72.8 Å². The molecule has 0 radical (unpaired) electrons. The molecule has 0 aliphatic carbocycles. The third kappa shape index (κ3) is 6.13. The summed E-state index contributed by atoms with van der Waals surface area (Å²) in [7, 11) is -2.71. The lowest BCUT2D eigenvalue weighted by Crippen LogP contribution is -2.33. The molecular formula is C29H25N3O5S. The van der Waals surface area contributed by atoms with Gasteiger partial charge in [-0.05, 0) is 47.5 Å². The van der Waals surface area contributed by atoms with Crippen molar-refractivity contribution in [3.05, 3.63) is 131 Å². The van der Waals surface area contributed by atoms with Crippen LogP contribution in [0.1, 0.15) is 31.8 Å². The molecule has 0 aromatic heterocycles. The summed E-state index contributed by atoms with van der Waals surface area (Å²) in [4.78, 5) is 24.9. The number of rotatable bonds is 9. The van der Waals surface area contributed by atoms with Gasteiger partial charge in [-0.15, -0.1) is 0 Å². The molecule has 9 heteroatoms. The van der Waals surface area contributed by atoms with E-state index in [1.54, 1.807) is 66.7 Å². The fraction of sp³-hybridized carbons (Fsp3) is 0.0690. The van der Waals surface area contributed by atoms with Crippen molar-refractivity contribution in [2.75, 3.05) is 11.4 Å². The average Bonchev–Trinajstić information content (AvgIpc) is 2.96. The molecular weight excluding hydrogens is 502 g/mol. The lowest BCUT2D eigenvalue weighted by atomic mass is 10.1. The number of sulfonamides is 1. The van der Waals surface area contributed by atoms with E-state index < -0.39 is 21.9 Å². The Kier molecular flexibility index (Phi) is 8.30. The molecule has 8 nitrogen and oxygen atoms in total. The molecule has 4 aromatic rings. The number of esters is 1. The second-order valence-electron chi connectivity index (χ2n) is 8.14. The first-order valence-corrected chi connectivity index (χ1v) is 13.1. The van der Waals surface area contributed by atoms with E-state index in [-0.39, 0.29) is 22.7 Å². The van der Waals surface area contributed by atoms with Gasteiger partial charge in [-0.2, -0.15) is 5.10 Å². The maximum absolute atomic E-state index is 13.7. The van der Waals surface area contributed by atoms with Crippen LogP contribution in [0, 0.1) is 0 Å². The zero-order valence-corrected chi connectivity index (χ0v) is 21.3. The minimum Gasteiger partial charge on any atom is -0.465 e. The van der Waals surface area contributed by atoms with E-state index in [0.717, 1.165) is 5.56 Å².